The first kappa shape index (κ1) is 15.9. The summed E-state index contributed by atoms with van der Waals surface area (Å²) in [6, 6.07) is 10.5. The van der Waals surface area contributed by atoms with Crippen LogP contribution in [0.4, 0.5) is 10.1 Å². The van der Waals surface area contributed by atoms with Crippen molar-refractivity contribution in [2.75, 3.05) is 26.6 Å². The van der Waals surface area contributed by atoms with Crippen molar-refractivity contribution in [2.24, 2.45) is 0 Å². The molecule has 0 atom stereocenters. The maximum atomic E-state index is 14.1. The van der Waals surface area contributed by atoms with Gasteiger partial charge in [-0.2, -0.15) is 0 Å². The number of methoxy groups -OCH3 is 2. The van der Waals surface area contributed by atoms with E-state index in [1.807, 2.05) is 18.2 Å². The molecule has 0 saturated carbocycles. The minimum Gasteiger partial charge on any atom is -0.497 e. The normalized spacial score (nSPS) is 10.5. The fourth-order valence-electron chi connectivity index (χ4n) is 2.55. The van der Waals surface area contributed by atoms with Gasteiger partial charge in [-0.15, -0.1) is 0 Å². The van der Waals surface area contributed by atoms with Crippen LogP contribution < -0.4 is 14.8 Å². The van der Waals surface area contributed by atoms with Crippen LogP contribution in [0.15, 0.2) is 42.7 Å². The third-order valence-electron chi connectivity index (χ3n) is 3.79. The first-order chi connectivity index (χ1) is 11.7. The molecule has 5 nitrogen and oxygen atoms in total. The Morgan fingerprint density at radius 2 is 1.71 bits per heavy atom. The molecule has 2 aromatic carbocycles. The number of nitrogens with zero attached hydrogens (tertiary/aromatic N) is 1. The molecule has 0 bridgehead atoms. The molecule has 3 aromatic rings. The second-order valence-corrected chi connectivity index (χ2v) is 5.17. The molecule has 0 unspecified atom stereocenters. The minimum atomic E-state index is -0.321. The van der Waals surface area contributed by atoms with Gasteiger partial charge in [-0.25, -0.2) is 9.37 Å². The molecule has 0 radical (unpaired) electrons. The summed E-state index contributed by atoms with van der Waals surface area (Å²) in [4.78, 5) is 7.46. The van der Waals surface area contributed by atoms with Crippen LogP contribution in [0.5, 0.6) is 11.5 Å². The Morgan fingerprint density at radius 3 is 2.29 bits per heavy atom. The molecule has 24 heavy (non-hydrogen) atoms. The van der Waals surface area contributed by atoms with Gasteiger partial charge in [0.1, 0.15) is 17.3 Å². The van der Waals surface area contributed by atoms with Crippen LogP contribution in [0, 0.1) is 5.82 Å². The van der Waals surface area contributed by atoms with Crippen LogP contribution in [-0.4, -0.2) is 31.2 Å². The van der Waals surface area contributed by atoms with Crippen LogP contribution in [-0.2, 0) is 0 Å². The number of rotatable bonds is 5. The molecule has 0 aliphatic rings. The molecule has 2 N–H and O–H groups in total. The van der Waals surface area contributed by atoms with Crippen LogP contribution >= 0.6 is 0 Å². The van der Waals surface area contributed by atoms with Crippen LogP contribution in [0.1, 0.15) is 0 Å². The summed E-state index contributed by atoms with van der Waals surface area (Å²) < 4.78 is 24.7. The lowest BCUT2D eigenvalue weighted by molar-refractivity contribution is 0.394. The molecule has 0 spiro atoms. The first-order valence-electron chi connectivity index (χ1n) is 7.40. The zero-order valence-corrected chi connectivity index (χ0v) is 13.7. The van der Waals surface area contributed by atoms with Gasteiger partial charge in [0.05, 0.1) is 37.6 Å². The number of nitrogens with one attached hydrogen (secondary N) is 2. The minimum absolute atomic E-state index is 0.321. The van der Waals surface area contributed by atoms with Crippen LogP contribution in [0.25, 0.3) is 22.5 Å². The van der Waals surface area contributed by atoms with Gasteiger partial charge < -0.3 is 19.8 Å². The smallest absolute Gasteiger partial charge is 0.146 e. The van der Waals surface area contributed by atoms with Crippen molar-refractivity contribution in [3.8, 4) is 34.0 Å². The third kappa shape index (κ3) is 2.90. The summed E-state index contributed by atoms with van der Waals surface area (Å²) in [5.74, 6) is 1.00. The highest BCUT2D eigenvalue weighted by Crippen LogP contribution is 2.34. The highest BCUT2D eigenvalue weighted by molar-refractivity contribution is 5.80. The number of hydrogen-bond acceptors (Lipinski definition) is 4. The monoisotopic (exact) mass is 327 g/mol. The van der Waals surface area contributed by atoms with Gasteiger partial charge >= 0.3 is 0 Å². The van der Waals surface area contributed by atoms with Crippen molar-refractivity contribution >= 4 is 5.69 Å². The van der Waals surface area contributed by atoms with E-state index in [9.17, 15) is 4.39 Å². The molecule has 1 aromatic heterocycles. The molecule has 0 aliphatic carbocycles. The Balaban J connectivity index is 2.10. The van der Waals surface area contributed by atoms with E-state index in [-0.39, 0.29) is 5.82 Å². The Hall–Kier alpha value is -3.02. The Labute approximate surface area is 139 Å². The van der Waals surface area contributed by atoms with Crippen molar-refractivity contribution in [1.82, 2.24) is 9.97 Å². The number of aromatic nitrogens is 2. The van der Waals surface area contributed by atoms with E-state index in [4.69, 9.17) is 9.47 Å². The number of halogens is 1. The van der Waals surface area contributed by atoms with E-state index in [0.717, 1.165) is 11.3 Å². The highest BCUT2D eigenvalue weighted by atomic mass is 19.1. The standard InChI is InChI=1S/C18H18FN3O2/c1-20-16-5-4-11(8-15(16)19)17-18(22-10-21-17)12-6-13(23-2)9-14(7-12)24-3/h4-10,20H,1-3H3,(H,21,22). The fraction of sp³-hybridized carbons (Fsp3) is 0.167. The number of ether oxygens (including phenoxy) is 2. The average Bonchev–Trinajstić information content (AvgIpc) is 3.10. The Morgan fingerprint density at radius 1 is 1.00 bits per heavy atom. The second kappa shape index (κ2) is 6.62. The summed E-state index contributed by atoms with van der Waals surface area (Å²) in [5, 5.41) is 2.81. The maximum Gasteiger partial charge on any atom is 0.146 e. The maximum absolute atomic E-state index is 14.1. The SMILES string of the molecule is CNc1ccc(-c2[nH]cnc2-c2cc(OC)cc(OC)c2)cc1F. The van der Waals surface area contributed by atoms with E-state index in [2.05, 4.69) is 15.3 Å². The number of H-pyrrole nitrogens is 1. The zero-order valence-electron chi connectivity index (χ0n) is 13.7. The van der Waals surface area contributed by atoms with Crippen molar-refractivity contribution in [1.29, 1.82) is 0 Å². The van der Waals surface area contributed by atoms with Gasteiger partial charge in [0.2, 0.25) is 0 Å². The van der Waals surface area contributed by atoms with Gasteiger partial charge in [0.15, 0.2) is 0 Å². The number of hydrogen-bond donors (Lipinski definition) is 2. The largest absolute Gasteiger partial charge is 0.497 e. The highest BCUT2D eigenvalue weighted by Gasteiger charge is 2.14. The summed E-state index contributed by atoms with van der Waals surface area (Å²) in [6.45, 7) is 0. The lowest BCUT2D eigenvalue weighted by atomic mass is 10.0. The molecule has 0 amide bonds. The van der Waals surface area contributed by atoms with Crippen LogP contribution in [0.2, 0.25) is 0 Å². The molecular weight excluding hydrogens is 309 g/mol. The van der Waals surface area contributed by atoms with Crippen molar-refractivity contribution < 1.29 is 13.9 Å². The van der Waals surface area contributed by atoms with Gasteiger partial charge in [-0.3, -0.25) is 0 Å². The first-order valence-corrected chi connectivity index (χ1v) is 7.40. The van der Waals surface area contributed by atoms with Crippen molar-refractivity contribution in [2.45, 2.75) is 0 Å². The van der Waals surface area contributed by atoms with Gasteiger partial charge in [0, 0.05) is 24.2 Å². The van der Waals surface area contributed by atoms with Crippen LogP contribution in [0.3, 0.4) is 0 Å². The second-order valence-electron chi connectivity index (χ2n) is 5.17. The molecule has 6 heteroatoms. The number of anilines is 1. The molecule has 1 heterocycles. The molecule has 0 fully saturated rings. The van der Waals surface area contributed by atoms with E-state index < -0.39 is 0 Å². The van der Waals surface area contributed by atoms with E-state index in [0.29, 0.717) is 28.4 Å². The summed E-state index contributed by atoms with van der Waals surface area (Å²) in [7, 11) is 4.87. The fourth-order valence-corrected chi connectivity index (χ4v) is 2.55. The predicted molar refractivity (Wildman–Crippen MR) is 92.1 cm³/mol. The lowest BCUT2D eigenvalue weighted by Gasteiger charge is -2.09. The summed E-state index contributed by atoms with van der Waals surface area (Å²) >= 11 is 0. The van der Waals surface area contributed by atoms with Gasteiger partial charge in [0.25, 0.3) is 0 Å². The third-order valence-corrected chi connectivity index (χ3v) is 3.79. The number of benzene rings is 2. The Kier molecular flexibility index (Phi) is 4.37. The molecule has 3 rings (SSSR count). The Bertz CT molecular complexity index is 839. The van der Waals surface area contributed by atoms with Crippen molar-refractivity contribution in [3.63, 3.8) is 0 Å². The van der Waals surface area contributed by atoms with E-state index in [1.165, 1.54) is 6.07 Å². The summed E-state index contributed by atoms with van der Waals surface area (Å²) in [6.07, 6.45) is 1.58. The quantitative estimate of drug-likeness (QED) is 0.745. The molecule has 0 aliphatic heterocycles. The zero-order chi connectivity index (χ0) is 17.1. The molecular formula is C18H18FN3O2. The van der Waals surface area contributed by atoms with E-state index >= 15 is 0 Å². The van der Waals surface area contributed by atoms with Gasteiger partial charge in [-0.1, -0.05) is 6.07 Å². The van der Waals surface area contributed by atoms with E-state index in [1.54, 1.807) is 39.7 Å². The molecule has 124 valence electrons. The topological polar surface area (TPSA) is 59.2 Å². The number of imidazole rings is 1. The average molecular weight is 327 g/mol. The molecule has 0 saturated heterocycles. The summed E-state index contributed by atoms with van der Waals surface area (Å²) in [5.41, 5.74) is 3.40. The van der Waals surface area contributed by atoms with Gasteiger partial charge in [-0.05, 0) is 24.3 Å². The van der Waals surface area contributed by atoms with Crippen molar-refractivity contribution in [3.05, 3.63) is 48.5 Å². The number of aromatic amines is 1. The lowest BCUT2D eigenvalue weighted by Crippen LogP contribution is -1.93. The predicted octanol–water partition coefficient (Wildman–Crippen LogP) is 3.94.